The lowest BCUT2D eigenvalue weighted by atomic mass is 10.0. The highest BCUT2D eigenvalue weighted by atomic mass is 32.1. The molecule has 4 nitrogen and oxygen atoms in total. The predicted octanol–water partition coefficient (Wildman–Crippen LogP) is 3.49. The lowest BCUT2D eigenvalue weighted by Crippen LogP contribution is -2.20. The Morgan fingerprint density at radius 2 is 2.05 bits per heavy atom. The molecule has 3 rings (SSSR count). The summed E-state index contributed by atoms with van der Waals surface area (Å²) in [6.45, 7) is 0.514. The third-order valence-electron chi connectivity index (χ3n) is 2.92. The Hall–Kier alpha value is -1.83. The van der Waals surface area contributed by atoms with Crippen LogP contribution in [-0.4, -0.2) is 16.8 Å². The smallest absolute Gasteiger partial charge is 0.445 e. The van der Waals surface area contributed by atoms with Crippen molar-refractivity contribution in [2.45, 2.75) is 18.6 Å². The summed E-state index contributed by atoms with van der Waals surface area (Å²) >= 11 is 0.509. The van der Waals surface area contributed by atoms with Crippen molar-refractivity contribution < 1.29 is 17.9 Å². The number of halogens is 3. The number of para-hydroxylation sites is 1. The average Bonchev–Trinajstić information content (AvgIpc) is 2.88. The molecule has 0 saturated heterocycles. The number of hydrogen-bond acceptors (Lipinski definition) is 5. The van der Waals surface area contributed by atoms with Crippen molar-refractivity contribution >= 4 is 16.5 Å². The molecule has 1 aromatic heterocycles. The molecule has 0 aliphatic carbocycles. The van der Waals surface area contributed by atoms with Crippen molar-refractivity contribution in [3.05, 3.63) is 34.8 Å². The maximum atomic E-state index is 12.5. The van der Waals surface area contributed by atoms with Gasteiger partial charge >= 0.3 is 6.18 Å². The van der Waals surface area contributed by atoms with Crippen molar-refractivity contribution in [1.82, 2.24) is 10.2 Å². The first-order valence-corrected chi connectivity index (χ1v) is 6.74. The van der Waals surface area contributed by atoms with Crippen molar-refractivity contribution in [3.63, 3.8) is 0 Å². The van der Waals surface area contributed by atoms with Gasteiger partial charge in [-0.3, -0.25) is 0 Å². The number of benzene rings is 1. The first-order chi connectivity index (χ1) is 9.54. The van der Waals surface area contributed by atoms with Crippen LogP contribution in [-0.2, 0) is 6.18 Å². The summed E-state index contributed by atoms with van der Waals surface area (Å²) in [4.78, 5) is 0. The Balaban J connectivity index is 1.81. The van der Waals surface area contributed by atoms with E-state index in [-0.39, 0.29) is 11.2 Å². The van der Waals surface area contributed by atoms with Gasteiger partial charge in [0.1, 0.15) is 5.75 Å². The van der Waals surface area contributed by atoms with Gasteiger partial charge in [0.2, 0.25) is 10.1 Å². The molecular weight excluding hydrogens is 291 g/mol. The Labute approximate surface area is 116 Å². The van der Waals surface area contributed by atoms with E-state index in [1.807, 2.05) is 24.3 Å². The molecule has 1 aliphatic rings. The standard InChI is InChI=1S/C12H10F3N3OS/c13-12(14,15)10-17-18-11(20-10)16-8-5-6-19-9-4-2-1-3-7(8)9/h1-4,8H,5-6H2,(H,16,18). The summed E-state index contributed by atoms with van der Waals surface area (Å²) in [5.41, 5.74) is 0.919. The fourth-order valence-electron chi connectivity index (χ4n) is 2.04. The minimum absolute atomic E-state index is 0.117. The SMILES string of the molecule is FC(F)(F)c1nnc(NC2CCOc3ccccc32)s1. The van der Waals surface area contributed by atoms with Crippen LogP contribution in [0.5, 0.6) is 5.75 Å². The molecule has 1 unspecified atom stereocenters. The maximum Gasteiger partial charge on any atom is 0.445 e. The van der Waals surface area contributed by atoms with Gasteiger partial charge in [0, 0.05) is 12.0 Å². The highest BCUT2D eigenvalue weighted by molar-refractivity contribution is 7.15. The second-order valence-corrected chi connectivity index (χ2v) is 5.26. The third kappa shape index (κ3) is 2.55. The lowest BCUT2D eigenvalue weighted by molar-refractivity contribution is -0.138. The number of anilines is 1. The number of aromatic nitrogens is 2. The van der Waals surface area contributed by atoms with Gasteiger partial charge in [-0.1, -0.05) is 29.5 Å². The number of hydrogen-bond donors (Lipinski definition) is 1. The van der Waals surface area contributed by atoms with E-state index in [2.05, 4.69) is 15.5 Å². The molecule has 106 valence electrons. The molecule has 0 bridgehead atoms. The quantitative estimate of drug-likeness (QED) is 0.922. The number of nitrogens with one attached hydrogen (secondary N) is 1. The van der Waals surface area contributed by atoms with Gasteiger partial charge in [-0.05, 0) is 6.07 Å². The first-order valence-electron chi connectivity index (χ1n) is 5.93. The minimum atomic E-state index is -4.45. The van der Waals surface area contributed by atoms with Crippen LogP contribution in [0.15, 0.2) is 24.3 Å². The van der Waals surface area contributed by atoms with Gasteiger partial charge < -0.3 is 10.1 Å². The maximum absolute atomic E-state index is 12.5. The molecule has 20 heavy (non-hydrogen) atoms. The monoisotopic (exact) mass is 301 g/mol. The Morgan fingerprint density at radius 1 is 1.25 bits per heavy atom. The summed E-state index contributed by atoms with van der Waals surface area (Å²) in [6, 6.07) is 7.33. The second-order valence-electron chi connectivity index (χ2n) is 4.28. The topological polar surface area (TPSA) is 47.0 Å². The predicted molar refractivity (Wildman–Crippen MR) is 67.8 cm³/mol. The molecule has 2 aromatic rings. The molecule has 1 N–H and O–H groups in total. The summed E-state index contributed by atoms with van der Waals surface area (Å²) < 4.78 is 42.9. The van der Waals surface area contributed by atoms with Gasteiger partial charge in [0.25, 0.3) is 0 Å². The summed E-state index contributed by atoms with van der Waals surface area (Å²) in [7, 11) is 0. The number of alkyl halides is 3. The van der Waals surface area contributed by atoms with Crippen LogP contribution in [0, 0.1) is 0 Å². The van der Waals surface area contributed by atoms with Crippen LogP contribution < -0.4 is 10.1 Å². The van der Waals surface area contributed by atoms with Gasteiger partial charge in [-0.25, -0.2) is 0 Å². The molecule has 1 aliphatic heterocycles. The molecule has 8 heteroatoms. The van der Waals surface area contributed by atoms with E-state index in [1.165, 1.54) is 0 Å². The number of ether oxygens (including phenoxy) is 1. The van der Waals surface area contributed by atoms with Crippen molar-refractivity contribution in [1.29, 1.82) is 0 Å². The van der Waals surface area contributed by atoms with Crippen LogP contribution in [0.4, 0.5) is 18.3 Å². The van der Waals surface area contributed by atoms with Crippen molar-refractivity contribution in [2.24, 2.45) is 0 Å². The van der Waals surface area contributed by atoms with Crippen LogP contribution in [0.3, 0.4) is 0 Å². The average molecular weight is 301 g/mol. The Morgan fingerprint density at radius 3 is 2.80 bits per heavy atom. The zero-order chi connectivity index (χ0) is 14.2. The number of rotatable bonds is 2. The molecule has 0 amide bonds. The Bertz CT molecular complexity index is 614. The molecule has 0 radical (unpaired) electrons. The fourth-order valence-corrected chi connectivity index (χ4v) is 2.70. The molecule has 0 fully saturated rings. The summed E-state index contributed by atoms with van der Waals surface area (Å²) in [6.07, 6.45) is -3.79. The van der Waals surface area contributed by atoms with E-state index in [9.17, 15) is 13.2 Å². The normalized spacial score (nSPS) is 18.2. The van der Waals surface area contributed by atoms with Crippen LogP contribution in [0.1, 0.15) is 23.0 Å². The van der Waals surface area contributed by atoms with Gasteiger partial charge in [-0.2, -0.15) is 13.2 Å². The van der Waals surface area contributed by atoms with E-state index in [1.54, 1.807) is 0 Å². The fraction of sp³-hybridized carbons (Fsp3) is 0.333. The van der Waals surface area contributed by atoms with Crippen LogP contribution >= 0.6 is 11.3 Å². The van der Waals surface area contributed by atoms with E-state index < -0.39 is 11.2 Å². The third-order valence-corrected chi connectivity index (χ3v) is 3.82. The highest BCUT2D eigenvalue weighted by Crippen LogP contribution is 2.37. The van der Waals surface area contributed by atoms with E-state index in [0.29, 0.717) is 24.4 Å². The molecular formula is C12H10F3N3OS. The molecule has 0 saturated carbocycles. The van der Waals surface area contributed by atoms with Crippen molar-refractivity contribution in [2.75, 3.05) is 11.9 Å². The zero-order valence-corrected chi connectivity index (χ0v) is 11.0. The largest absolute Gasteiger partial charge is 0.493 e. The van der Waals surface area contributed by atoms with E-state index in [4.69, 9.17) is 4.74 Å². The zero-order valence-electron chi connectivity index (χ0n) is 10.1. The van der Waals surface area contributed by atoms with Gasteiger partial charge in [-0.15, -0.1) is 10.2 Å². The Kier molecular flexibility index (Phi) is 3.25. The van der Waals surface area contributed by atoms with Crippen molar-refractivity contribution in [3.8, 4) is 5.75 Å². The van der Waals surface area contributed by atoms with Gasteiger partial charge in [0.05, 0.1) is 12.6 Å². The highest BCUT2D eigenvalue weighted by Gasteiger charge is 2.36. The van der Waals surface area contributed by atoms with Gasteiger partial charge in [0.15, 0.2) is 0 Å². The first kappa shape index (κ1) is 13.2. The molecule has 1 aromatic carbocycles. The molecule has 2 heterocycles. The second kappa shape index (κ2) is 4.93. The van der Waals surface area contributed by atoms with Crippen LogP contribution in [0.2, 0.25) is 0 Å². The molecule has 1 atom stereocenters. The number of nitrogens with zero attached hydrogens (tertiary/aromatic N) is 2. The number of fused-ring (bicyclic) bond motifs is 1. The summed E-state index contributed by atoms with van der Waals surface area (Å²) in [5, 5.41) is 8.92. The summed E-state index contributed by atoms with van der Waals surface area (Å²) in [5.74, 6) is 0.747. The van der Waals surface area contributed by atoms with E-state index >= 15 is 0 Å². The van der Waals surface area contributed by atoms with Crippen LogP contribution in [0.25, 0.3) is 0 Å². The minimum Gasteiger partial charge on any atom is -0.493 e. The van der Waals surface area contributed by atoms with E-state index in [0.717, 1.165) is 11.3 Å². The lowest BCUT2D eigenvalue weighted by Gasteiger charge is -2.26. The molecule has 0 spiro atoms.